The van der Waals surface area contributed by atoms with Crippen molar-refractivity contribution in [3.63, 3.8) is 0 Å². The van der Waals surface area contributed by atoms with Crippen LogP contribution in [0.4, 0.5) is 5.69 Å². The Labute approximate surface area is 217 Å². The molecule has 1 aromatic heterocycles. The highest BCUT2D eigenvalue weighted by Crippen LogP contribution is 2.36. The van der Waals surface area contributed by atoms with Crippen molar-refractivity contribution in [3.05, 3.63) is 83.2 Å². The predicted molar refractivity (Wildman–Crippen MR) is 145 cm³/mol. The zero-order valence-electron chi connectivity index (χ0n) is 21.7. The molecule has 3 aromatic carbocycles. The number of benzene rings is 3. The summed E-state index contributed by atoms with van der Waals surface area (Å²) < 4.78 is 10.7. The number of hydrogen-bond donors (Lipinski definition) is 1. The third-order valence-electron chi connectivity index (χ3n) is 7.12. The second-order valence-electron chi connectivity index (χ2n) is 9.73. The molecule has 7 nitrogen and oxygen atoms in total. The second kappa shape index (κ2) is 10.6. The van der Waals surface area contributed by atoms with E-state index in [4.69, 9.17) is 9.26 Å². The first-order chi connectivity index (χ1) is 17.9. The van der Waals surface area contributed by atoms with Crippen molar-refractivity contribution in [2.24, 2.45) is 0 Å². The van der Waals surface area contributed by atoms with Gasteiger partial charge < -0.3 is 19.5 Å². The number of hydrogen-bond acceptors (Lipinski definition) is 6. The van der Waals surface area contributed by atoms with E-state index < -0.39 is 0 Å². The summed E-state index contributed by atoms with van der Waals surface area (Å²) in [5.74, 6) is 2.30. The van der Waals surface area contributed by atoms with Gasteiger partial charge in [0.15, 0.2) is 0 Å². The van der Waals surface area contributed by atoms with Gasteiger partial charge in [0, 0.05) is 23.7 Å². The lowest BCUT2D eigenvalue weighted by Gasteiger charge is -2.30. The largest absolute Gasteiger partial charge is 0.496 e. The van der Waals surface area contributed by atoms with E-state index in [0.717, 1.165) is 59.6 Å². The Morgan fingerprint density at radius 3 is 2.38 bits per heavy atom. The van der Waals surface area contributed by atoms with Crippen LogP contribution in [0.2, 0.25) is 0 Å². The van der Waals surface area contributed by atoms with Crippen molar-refractivity contribution >= 4 is 11.6 Å². The van der Waals surface area contributed by atoms with Gasteiger partial charge in [0.25, 0.3) is 5.91 Å². The quantitative estimate of drug-likeness (QED) is 0.348. The predicted octanol–water partition coefficient (Wildman–Crippen LogP) is 6.09. The number of anilines is 1. The maximum absolute atomic E-state index is 13.0. The van der Waals surface area contributed by atoms with Gasteiger partial charge in [0.2, 0.25) is 11.7 Å². The van der Waals surface area contributed by atoms with Gasteiger partial charge in [0.1, 0.15) is 5.75 Å². The molecule has 0 saturated carbocycles. The molecule has 0 spiro atoms. The number of piperidine rings is 1. The van der Waals surface area contributed by atoms with Crippen molar-refractivity contribution in [2.75, 3.05) is 32.6 Å². The molecular formula is C30H32N4O3. The van der Waals surface area contributed by atoms with Gasteiger partial charge in [-0.2, -0.15) is 4.98 Å². The van der Waals surface area contributed by atoms with Crippen LogP contribution in [-0.2, 0) is 0 Å². The first-order valence-electron chi connectivity index (χ1n) is 12.6. The van der Waals surface area contributed by atoms with Crippen LogP contribution in [0.25, 0.3) is 22.5 Å². The van der Waals surface area contributed by atoms with Crippen molar-refractivity contribution in [3.8, 4) is 28.3 Å². The standard InChI is InChI=1S/C30H32N4O3/c1-19-17-24(29-31-20(2)37-33-29)9-11-26(19)21-5-7-23(8-6-21)30(35)32-25-10-12-28(36-4)27(18-25)22-13-15-34(3)16-14-22/h5-12,17-18,22H,13-16H2,1-4H3,(H,32,35). The summed E-state index contributed by atoms with van der Waals surface area (Å²) in [5.41, 5.74) is 6.69. The number of methoxy groups -OCH3 is 1. The van der Waals surface area contributed by atoms with Gasteiger partial charge in [-0.1, -0.05) is 29.4 Å². The highest BCUT2D eigenvalue weighted by molar-refractivity contribution is 6.04. The number of aromatic nitrogens is 2. The smallest absolute Gasteiger partial charge is 0.255 e. The van der Waals surface area contributed by atoms with E-state index in [0.29, 0.717) is 23.2 Å². The fraction of sp³-hybridized carbons (Fsp3) is 0.300. The molecule has 37 heavy (non-hydrogen) atoms. The normalized spacial score (nSPS) is 14.5. The third-order valence-corrected chi connectivity index (χ3v) is 7.12. The Bertz CT molecular complexity index is 1400. The Morgan fingerprint density at radius 2 is 1.73 bits per heavy atom. The number of aryl methyl sites for hydroxylation is 2. The van der Waals surface area contributed by atoms with Crippen LogP contribution in [0.3, 0.4) is 0 Å². The maximum Gasteiger partial charge on any atom is 0.255 e. The van der Waals surface area contributed by atoms with Crippen LogP contribution in [-0.4, -0.2) is 48.2 Å². The van der Waals surface area contributed by atoms with Crippen molar-refractivity contribution in [2.45, 2.75) is 32.6 Å². The average molecular weight is 497 g/mol. The zero-order valence-corrected chi connectivity index (χ0v) is 21.7. The number of amides is 1. The van der Waals surface area contributed by atoms with Gasteiger partial charge in [-0.15, -0.1) is 0 Å². The molecule has 1 aliphatic heterocycles. The van der Waals surface area contributed by atoms with Crippen molar-refractivity contribution in [1.29, 1.82) is 0 Å². The number of likely N-dealkylation sites (tertiary alicyclic amines) is 1. The topological polar surface area (TPSA) is 80.5 Å². The summed E-state index contributed by atoms with van der Waals surface area (Å²) in [4.78, 5) is 19.7. The summed E-state index contributed by atoms with van der Waals surface area (Å²) >= 11 is 0. The summed E-state index contributed by atoms with van der Waals surface area (Å²) in [6.07, 6.45) is 2.17. The zero-order chi connectivity index (χ0) is 25.9. The van der Waals surface area contributed by atoms with Gasteiger partial charge in [0.05, 0.1) is 7.11 Å². The number of rotatable bonds is 6. The number of nitrogens with one attached hydrogen (secondary N) is 1. The van der Waals surface area contributed by atoms with E-state index in [1.165, 1.54) is 5.56 Å². The Hall–Kier alpha value is -3.97. The van der Waals surface area contributed by atoms with Gasteiger partial charge in [-0.25, -0.2) is 0 Å². The number of nitrogens with zero attached hydrogens (tertiary/aromatic N) is 3. The number of carbonyl (C=O) groups is 1. The molecule has 1 aliphatic rings. The van der Waals surface area contributed by atoms with Gasteiger partial charge in [-0.3, -0.25) is 4.79 Å². The molecule has 0 radical (unpaired) electrons. The lowest BCUT2D eigenvalue weighted by atomic mass is 9.88. The van der Waals surface area contributed by atoms with E-state index in [1.807, 2.05) is 54.6 Å². The molecule has 190 valence electrons. The SMILES string of the molecule is COc1ccc(NC(=O)c2ccc(-c3ccc(-c4noc(C)n4)cc3C)cc2)cc1C1CCN(C)CC1. The first-order valence-corrected chi connectivity index (χ1v) is 12.6. The Balaban J connectivity index is 1.30. The lowest BCUT2D eigenvalue weighted by Crippen LogP contribution is -2.29. The highest BCUT2D eigenvalue weighted by atomic mass is 16.5. The first kappa shape index (κ1) is 24.7. The third kappa shape index (κ3) is 5.42. The molecule has 1 saturated heterocycles. The van der Waals surface area contributed by atoms with Crippen LogP contribution in [0.5, 0.6) is 5.75 Å². The van der Waals surface area contributed by atoms with Crippen LogP contribution < -0.4 is 10.1 Å². The molecule has 5 rings (SSSR count). The molecule has 0 aliphatic carbocycles. The lowest BCUT2D eigenvalue weighted by molar-refractivity contribution is 0.102. The van der Waals surface area contributed by atoms with Crippen molar-refractivity contribution in [1.82, 2.24) is 15.0 Å². The minimum absolute atomic E-state index is 0.134. The summed E-state index contributed by atoms with van der Waals surface area (Å²) in [6.45, 7) is 5.96. The number of ether oxygens (including phenoxy) is 1. The molecule has 0 bridgehead atoms. The van der Waals surface area contributed by atoms with Crippen molar-refractivity contribution < 1.29 is 14.1 Å². The summed E-state index contributed by atoms with van der Waals surface area (Å²) in [6, 6.07) is 19.7. The Morgan fingerprint density at radius 1 is 1.00 bits per heavy atom. The van der Waals surface area contributed by atoms with Crippen LogP contribution in [0.15, 0.2) is 65.2 Å². The minimum atomic E-state index is -0.134. The maximum atomic E-state index is 13.0. The minimum Gasteiger partial charge on any atom is -0.496 e. The van der Waals surface area contributed by atoms with E-state index in [9.17, 15) is 4.79 Å². The molecule has 7 heteroatoms. The number of carbonyl (C=O) groups excluding carboxylic acids is 1. The average Bonchev–Trinajstić information content (AvgIpc) is 3.35. The van der Waals surface area contributed by atoms with Gasteiger partial charge >= 0.3 is 0 Å². The van der Waals surface area contributed by atoms with E-state index in [-0.39, 0.29) is 5.91 Å². The van der Waals surface area contributed by atoms with Gasteiger partial charge in [-0.05, 0) is 104 Å². The molecule has 1 N–H and O–H groups in total. The van der Waals surface area contributed by atoms with E-state index >= 15 is 0 Å². The van der Waals surface area contributed by atoms with Crippen LogP contribution >= 0.6 is 0 Å². The molecular weight excluding hydrogens is 464 g/mol. The fourth-order valence-electron chi connectivity index (χ4n) is 5.00. The molecule has 4 aromatic rings. The summed E-state index contributed by atoms with van der Waals surface area (Å²) in [7, 11) is 3.86. The highest BCUT2D eigenvalue weighted by Gasteiger charge is 2.22. The molecule has 1 fully saturated rings. The Kier molecular flexibility index (Phi) is 7.06. The second-order valence-corrected chi connectivity index (χ2v) is 9.73. The molecule has 0 atom stereocenters. The molecule has 2 heterocycles. The molecule has 0 unspecified atom stereocenters. The molecule has 1 amide bonds. The van der Waals surface area contributed by atoms with Crippen LogP contribution in [0, 0.1) is 13.8 Å². The van der Waals surface area contributed by atoms with Crippen LogP contribution in [0.1, 0.15) is 46.1 Å². The monoisotopic (exact) mass is 496 g/mol. The fourth-order valence-corrected chi connectivity index (χ4v) is 5.00. The van der Waals surface area contributed by atoms with E-state index in [1.54, 1.807) is 14.0 Å². The van der Waals surface area contributed by atoms with E-state index in [2.05, 4.69) is 40.4 Å². The summed E-state index contributed by atoms with van der Waals surface area (Å²) in [5, 5.41) is 7.07.